The SMILES string of the molecule is COc1cc(CN2CC[C@@](O)(CNS(C)(=O)=O)[C@H](O)C2)ccc1OCCN1CCOCC1. The van der Waals surface area contributed by atoms with Crippen molar-refractivity contribution < 1.29 is 32.8 Å². The van der Waals surface area contributed by atoms with E-state index in [1.165, 1.54) is 0 Å². The first kappa shape index (κ1) is 25.2. The minimum atomic E-state index is -3.44. The van der Waals surface area contributed by atoms with E-state index in [1.807, 2.05) is 23.1 Å². The van der Waals surface area contributed by atoms with Crippen molar-refractivity contribution in [3.8, 4) is 11.5 Å². The third-order valence-electron chi connectivity index (χ3n) is 5.96. The van der Waals surface area contributed by atoms with Gasteiger partial charge in [-0.25, -0.2) is 13.1 Å². The molecule has 3 N–H and O–H groups in total. The molecule has 2 fully saturated rings. The number of morpholine rings is 1. The fourth-order valence-corrected chi connectivity index (χ4v) is 4.44. The molecule has 1 aromatic carbocycles. The zero-order valence-corrected chi connectivity index (χ0v) is 19.6. The Labute approximate surface area is 190 Å². The number of hydrogen-bond acceptors (Lipinski definition) is 9. The van der Waals surface area contributed by atoms with Crippen LogP contribution in [0.1, 0.15) is 12.0 Å². The molecule has 0 aromatic heterocycles. The maximum Gasteiger partial charge on any atom is 0.208 e. The lowest BCUT2D eigenvalue weighted by Crippen LogP contribution is -2.59. The summed E-state index contributed by atoms with van der Waals surface area (Å²) in [5, 5.41) is 21.1. The fraction of sp³-hybridized carbons (Fsp3) is 0.714. The first-order valence-corrected chi connectivity index (χ1v) is 12.7. The summed E-state index contributed by atoms with van der Waals surface area (Å²) in [5.41, 5.74) is -0.482. The molecular weight excluding hydrogens is 438 g/mol. The van der Waals surface area contributed by atoms with Crippen LogP contribution >= 0.6 is 0 Å². The number of benzene rings is 1. The van der Waals surface area contributed by atoms with Gasteiger partial charge in [0.1, 0.15) is 12.2 Å². The highest BCUT2D eigenvalue weighted by molar-refractivity contribution is 7.88. The molecular formula is C21H35N3O7S. The lowest BCUT2D eigenvalue weighted by Gasteiger charge is -2.42. The Hall–Kier alpha value is -1.47. The Bertz CT molecular complexity index is 848. The molecule has 0 bridgehead atoms. The van der Waals surface area contributed by atoms with Crippen LogP contribution in [0.3, 0.4) is 0 Å². The van der Waals surface area contributed by atoms with Crippen LogP contribution in [-0.2, 0) is 21.3 Å². The molecule has 0 aliphatic carbocycles. The van der Waals surface area contributed by atoms with E-state index in [0.29, 0.717) is 31.2 Å². The maximum atomic E-state index is 11.3. The minimum absolute atomic E-state index is 0.203. The van der Waals surface area contributed by atoms with Crippen molar-refractivity contribution >= 4 is 10.0 Å². The Morgan fingerprint density at radius 1 is 1.22 bits per heavy atom. The van der Waals surface area contributed by atoms with Gasteiger partial charge in [0.2, 0.25) is 10.0 Å². The second kappa shape index (κ2) is 11.1. The number of sulfonamides is 1. The number of aliphatic hydroxyl groups excluding tert-OH is 1. The molecule has 0 unspecified atom stereocenters. The summed E-state index contributed by atoms with van der Waals surface area (Å²) in [7, 11) is -1.84. The molecule has 11 heteroatoms. The van der Waals surface area contributed by atoms with E-state index in [4.69, 9.17) is 14.2 Å². The van der Waals surface area contributed by atoms with Crippen LogP contribution in [0.25, 0.3) is 0 Å². The molecule has 0 spiro atoms. The molecule has 10 nitrogen and oxygen atoms in total. The zero-order valence-electron chi connectivity index (χ0n) is 18.8. The molecule has 32 heavy (non-hydrogen) atoms. The van der Waals surface area contributed by atoms with Crippen molar-refractivity contribution in [2.45, 2.75) is 24.7 Å². The van der Waals surface area contributed by atoms with E-state index < -0.39 is 21.7 Å². The van der Waals surface area contributed by atoms with Crippen LogP contribution in [0, 0.1) is 0 Å². The van der Waals surface area contributed by atoms with Gasteiger partial charge in [0, 0.05) is 45.8 Å². The van der Waals surface area contributed by atoms with Crippen molar-refractivity contribution in [1.82, 2.24) is 14.5 Å². The number of aliphatic hydroxyl groups is 2. The topological polar surface area (TPSA) is 121 Å². The van der Waals surface area contributed by atoms with Crippen LogP contribution < -0.4 is 14.2 Å². The van der Waals surface area contributed by atoms with Gasteiger partial charge in [-0.15, -0.1) is 0 Å². The molecule has 2 aliphatic heterocycles. The third-order valence-corrected chi connectivity index (χ3v) is 6.62. The summed E-state index contributed by atoms with van der Waals surface area (Å²) in [6.07, 6.45) is 0.229. The average Bonchev–Trinajstić information content (AvgIpc) is 2.76. The van der Waals surface area contributed by atoms with Gasteiger partial charge in [-0.1, -0.05) is 6.07 Å². The van der Waals surface area contributed by atoms with Crippen molar-refractivity contribution in [2.75, 3.05) is 72.5 Å². The smallest absolute Gasteiger partial charge is 0.208 e. The van der Waals surface area contributed by atoms with Gasteiger partial charge in [0.05, 0.1) is 32.7 Å². The number of nitrogens with zero attached hydrogens (tertiary/aromatic N) is 2. The van der Waals surface area contributed by atoms with Gasteiger partial charge in [-0.3, -0.25) is 9.80 Å². The number of nitrogens with one attached hydrogen (secondary N) is 1. The summed E-state index contributed by atoms with van der Waals surface area (Å²) in [4.78, 5) is 4.33. The van der Waals surface area contributed by atoms with Crippen LogP contribution in [0.15, 0.2) is 18.2 Å². The second-order valence-corrected chi connectivity index (χ2v) is 10.3. The average molecular weight is 474 g/mol. The number of methoxy groups -OCH3 is 1. The van der Waals surface area contributed by atoms with Crippen molar-refractivity contribution in [1.29, 1.82) is 0 Å². The predicted molar refractivity (Wildman–Crippen MR) is 119 cm³/mol. The normalized spacial score (nSPS) is 25.6. The molecule has 0 radical (unpaired) electrons. The van der Waals surface area contributed by atoms with Crippen LogP contribution in [-0.4, -0.2) is 113 Å². The lowest BCUT2D eigenvalue weighted by molar-refractivity contribution is -0.115. The highest BCUT2D eigenvalue weighted by atomic mass is 32.2. The quantitative estimate of drug-likeness (QED) is 0.403. The van der Waals surface area contributed by atoms with Crippen LogP contribution in [0.4, 0.5) is 0 Å². The lowest BCUT2D eigenvalue weighted by atomic mass is 9.88. The number of likely N-dealkylation sites (tertiary alicyclic amines) is 1. The molecule has 3 rings (SSSR count). The molecule has 2 heterocycles. The number of hydrogen-bond donors (Lipinski definition) is 3. The van der Waals surface area contributed by atoms with E-state index in [9.17, 15) is 18.6 Å². The first-order valence-electron chi connectivity index (χ1n) is 10.9. The molecule has 2 atom stereocenters. The molecule has 182 valence electrons. The molecule has 1 aromatic rings. The first-order chi connectivity index (χ1) is 15.2. The third kappa shape index (κ3) is 7.27. The van der Waals surface area contributed by atoms with Crippen LogP contribution in [0.2, 0.25) is 0 Å². The fourth-order valence-electron chi connectivity index (χ4n) is 3.93. The summed E-state index contributed by atoms with van der Waals surface area (Å²) in [6, 6.07) is 5.77. The van der Waals surface area contributed by atoms with Crippen molar-refractivity contribution in [2.24, 2.45) is 0 Å². The van der Waals surface area contributed by atoms with Gasteiger partial charge in [0.25, 0.3) is 0 Å². The monoisotopic (exact) mass is 473 g/mol. The summed E-state index contributed by atoms with van der Waals surface area (Å²) >= 11 is 0. The molecule has 2 saturated heterocycles. The van der Waals surface area contributed by atoms with E-state index in [1.54, 1.807) is 7.11 Å². The highest BCUT2D eigenvalue weighted by Crippen LogP contribution is 2.30. The Kier molecular flexibility index (Phi) is 8.73. The predicted octanol–water partition coefficient (Wildman–Crippen LogP) is -0.747. The van der Waals surface area contributed by atoms with Gasteiger partial charge < -0.3 is 24.4 Å². The van der Waals surface area contributed by atoms with Crippen LogP contribution in [0.5, 0.6) is 11.5 Å². The maximum absolute atomic E-state index is 11.3. The van der Waals surface area contributed by atoms with Crippen molar-refractivity contribution in [3.63, 3.8) is 0 Å². The van der Waals surface area contributed by atoms with E-state index in [2.05, 4.69) is 9.62 Å². The summed E-state index contributed by atoms with van der Waals surface area (Å²) in [5.74, 6) is 1.33. The van der Waals surface area contributed by atoms with Gasteiger partial charge in [-0.05, 0) is 24.1 Å². The van der Waals surface area contributed by atoms with E-state index in [0.717, 1.165) is 44.7 Å². The van der Waals surface area contributed by atoms with Gasteiger partial charge in [-0.2, -0.15) is 0 Å². The molecule has 0 amide bonds. The summed E-state index contributed by atoms with van der Waals surface area (Å²) in [6.45, 7) is 5.87. The van der Waals surface area contributed by atoms with E-state index in [-0.39, 0.29) is 19.5 Å². The van der Waals surface area contributed by atoms with Gasteiger partial charge in [0.15, 0.2) is 11.5 Å². The number of β-amino-alcohol motifs (C(OH)–C–C–N with tert-alkyl or cyclic N) is 1. The Morgan fingerprint density at radius 2 is 1.97 bits per heavy atom. The molecule has 2 aliphatic rings. The van der Waals surface area contributed by atoms with Crippen molar-refractivity contribution in [3.05, 3.63) is 23.8 Å². The second-order valence-electron chi connectivity index (χ2n) is 8.49. The molecule has 0 saturated carbocycles. The number of ether oxygens (including phenoxy) is 3. The van der Waals surface area contributed by atoms with Gasteiger partial charge >= 0.3 is 0 Å². The largest absolute Gasteiger partial charge is 0.493 e. The number of piperidine rings is 1. The zero-order chi connectivity index (χ0) is 23.2. The number of rotatable bonds is 10. The Balaban J connectivity index is 1.51. The Morgan fingerprint density at radius 3 is 2.62 bits per heavy atom. The minimum Gasteiger partial charge on any atom is -0.493 e. The van der Waals surface area contributed by atoms with E-state index >= 15 is 0 Å². The summed E-state index contributed by atoms with van der Waals surface area (Å²) < 4.78 is 41.7. The standard InChI is InChI=1S/C21H35N3O7S/c1-29-19-13-17(3-4-18(19)31-12-9-23-7-10-30-11-8-23)14-24-6-5-21(26,20(25)15-24)16-22-32(2,27)28/h3-4,13,20,22,25-26H,5-12,14-16H2,1-2H3/t20-,21-/m1/s1. The highest BCUT2D eigenvalue weighted by Gasteiger charge is 2.41.